The van der Waals surface area contributed by atoms with Crippen LogP contribution in [-0.2, 0) is 6.54 Å². The zero-order chi connectivity index (χ0) is 14.9. The number of likely N-dealkylation sites (tertiary alicyclic amines) is 1. The minimum absolute atomic E-state index is 0.542. The zero-order valence-electron chi connectivity index (χ0n) is 12.4. The summed E-state index contributed by atoms with van der Waals surface area (Å²) in [6.07, 6.45) is 7.24. The van der Waals surface area contributed by atoms with Gasteiger partial charge in [-0.1, -0.05) is 0 Å². The maximum Gasteiger partial charge on any atom is 0.169 e. The molecule has 0 bridgehead atoms. The molecule has 0 aromatic carbocycles. The van der Waals surface area contributed by atoms with Crippen LogP contribution in [-0.4, -0.2) is 40.0 Å². The number of halogens is 1. The minimum atomic E-state index is 0.542. The molecule has 0 radical (unpaired) electrons. The quantitative estimate of drug-likeness (QED) is 0.817. The average Bonchev–Trinajstić information content (AvgIpc) is 3.12. The van der Waals surface area contributed by atoms with Crippen LogP contribution in [0.15, 0.2) is 39.8 Å². The summed E-state index contributed by atoms with van der Waals surface area (Å²) < 4.78 is 6.43. The van der Waals surface area contributed by atoms with Gasteiger partial charge in [0.05, 0.1) is 6.54 Å². The van der Waals surface area contributed by atoms with E-state index < -0.39 is 0 Å². The highest BCUT2D eigenvalue weighted by Gasteiger charge is 2.38. The van der Waals surface area contributed by atoms with Crippen molar-refractivity contribution in [3.63, 3.8) is 0 Å². The second-order valence-corrected chi connectivity index (χ2v) is 6.87. The van der Waals surface area contributed by atoms with Gasteiger partial charge in [0.25, 0.3) is 0 Å². The highest BCUT2D eigenvalue weighted by atomic mass is 79.9. The van der Waals surface area contributed by atoms with Crippen LogP contribution in [0.2, 0.25) is 0 Å². The smallest absolute Gasteiger partial charge is 0.169 e. The van der Waals surface area contributed by atoms with Crippen LogP contribution in [0.1, 0.15) is 25.0 Å². The highest BCUT2D eigenvalue weighted by molar-refractivity contribution is 9.10. The maximum absolute atomic E-state index is 5.63. The van der Waals surface area contributed by atoms with E-state index in [1.54, 1.807) is 6.33 Å². The van der Waals surface area contributed by atoms with Crippen molar-refractivity contribution >= 4 is 21.7 Å². The van der Waals surface area contributed by atoms with E-state index in [9.17, 15) is 0 Å². The van der Waals surface area contributed by atoms with Gasteiger partial charge in [0.15, 0.2) is 4.67 Å². The molecule has 1 unspecified atom stereocenters. The lowest BCUT2D eigenvalue weighted by Crippen LogP contribution is -2.39. The summed E-state index contributed by atoms with van der Waals surface area (Å²) in [6.45, 7) is 3.06. The Hall–Kier alpha value is -1.40. The topological polar surface area (TPSA) is 45.4 Å². The Labute approximate surface area is 138 Å². The lowest BCUT2D eigenvalue weighted by atomic mass is 10.2. The van der Waals surface area contributed by atoms with Crippen LogP contribution >= 0.6 is 15.9 Å². The number of nitrogens with zero attached hydrogens (tertiary/aromatic N) is 4. The molecule has 2 aromatic heterocycles. The zero-order valence-corrected chi connectivity index (χ0v) is 13.9. The number of anilines is 1. The monoisotopic (exact) mass is 362 g/mol. The molecule has 3 heterocycles. The van der Waals surface area contributed by atoms with Gasteiger partial charge in [-0.2, -0.15) is 0 Å². The molecule has 1 aliphatic heterocycles. The number of furan rings is 1. The summed E-state index contributed by atoms with van der Waals surface area (Å²) in [6, 6.07) is 7.24. The Kier molecular flexibility index (Phi) is 3.88. The Morgan fingerprint density at radius 1 is 1.23 bits per heavy atom. The van der Waals surface area contributed by atoms with E-state index in [1.165, 1.54) is 19.3 Å². The first-order chi connectivity index (χ1) is 10.8. The summed E-state index contributed by atoms with van der Waals surface area (Å²) in [5.41, 5.74) is 0. The largest absolute Gasteiger partial charge is 0.453 e. The molecule has 2 fully saturated rings. The van der Waals surface area contributed by atoms with Crippen molar-refractivity contribution in [3.05, 3.63) is 41.2 Å². The van der Waals surface area contributed by atoms with E-state index in [1.807, 2.05) is 24.4 Å². The molecule has 1 saturated heterocycles. The molecule has 0 amide bonds. The number of aromatic nitrogens is 2. The van der Waals surface area contributed by atoms with Crippen molar-refractivity contribution in [1.82, 2.24) is 14.9 Å². The molecule has 1 aliphatic carbocycles. The molecule has 2 aromatic rings. The third-order valence-corrected chi connectivity index (χ3v) is 4.85. The van der Waals surface area contributed by atoms with Crippen molar-refractivity contribution in [2.24, 2.45) is 0 Å². The normalized spacial score (nSPS) is 22.1. The molecule has 0 N–H and O–H groups in total. The molecule has 4 rings (SSSR count). The van der Waals surface area contributed by atoms with E-state index in [2.05, 4.69) is 35.7 Å². The standard InChI is InChI=1S/C16H19BrN4O/c17-15-4-3-14(22-15)10-20-8-6-13(9-20)21(12-1-2-12)16-5-7-18-11-19-16/h3-5,7,11-13H,1-2,6,8-10H2. The Balaban J connectivity index is 1.44. The van der Waals surface area contributed by atoms with E-state index in [4.69, 9.17) is 4.42 Å². The maximum atomic E-state index is 5.63. The second kappa shape index (κ2) is 6.01. The summed E-state index contributed by atoms with van der Waals surface area (Å²) in [4.78, 5) is 13.5. The summed E-state index contributed by atoms with van der Waals surface area (Å²) in [5.74, 6) is 2.10. The fourth-order valence-corrected chi connectivity index (χ4v) is 3.64. The fraction of sp³-hybridized carbons (Fsp3) is 0.500. The van der Waals surface area contributed by atoms with Gasteiger partial charge in [-0.05, 0) is 53.4 Å². The lowest BCUT2D eigenvalue weighted by molar-refractivity contribution is 0.290. The van der Waals surface area contributed by atoms with Crippen LogP contribution in [0, 0.1) is 0 Å². The first-order valence-corrected chi connectivity index (χ1v) is 8.60. The Morgan fingerprint density at radius 3 is 2.82 bits per heavy atom. The van der Waals surface area contributed by atoms with Crippen molar-refractivity contribution < 1.29 is 4.42 Å². The third-order valence-electron chi connectivity index (χ3n) is 4.42. The molecular weight excluding hydrogens is 344 g/mol. The number of hydrogen-bond donors (Lipinski definition) is 0. The minimum Gasteiger partial charge on any atom is -0.453 e. The van der Waals surface area contributed by atoms with Crippen LogP contribution in [0.5, 0.6) is 0 Å². The predicted molar refractivity (Wildman–Crippen MR) is 87.6 cm³/mol. The third kappa shape index (κ3) is 3.03. The molecule has 5 nitrogen and oxygen atoms in total. The van der Waals surface area contributed by atoms with E-state index >= 15 is 0 Å². The molecule has 2 aliphatic rings. The molecule has 6 heteroatoms. The highest BCUT2D eigenvalue weighted by Crippen LogP contribution is 2.35. The van der Waals surface area contributed by atoms with E-state index in [0.717, 1.165) is 35.9 Å². The molecular formula is C16H19BrN4O. The first kappa shape index (κ1) is 14.2. The van der Waals surface area contributed by atoms with Gasteiger partial charge in [-0.3, -0.25) is 4.90 Å². The van der Waals surface area contributed by atoms with E-state index in [0.29, 0.717) is 12.1 Å². The first-order valence-electron chi connectivity index (χ1n) is 7.80. The van der Waals surface area contributed by atoms with Gasteiger partial charge in [0.1, 0.15) is 17.9 Å². The molecule has 1 atom stereocenters. The summed E-state index contributed by atoms with van der Waals surface area (Å²) >= 11 is 3.37. The van der Waals surface area contributed by atoms with Gasteiger partial charge < -0.3 is 9.32 Å². The summed E-state index contributed by atoms with van der Waals surface area (Å²) in [7, 11) is 0. The molecule has 1 saturated carbocycles. The number of rotatable bonds is 5. The average molecular weight is 363 g/mol. The fourth-order valence-electron chi connectivity index (χ4n) is 3.30. The van der Waals surface area contributed by atoms with Crippen molar-refractivity contribution in [3.8, 4) is 0 Å². The van der Waals surface area contributed by atoms with Gasteiger partial charge in [0.2, 0.25) is 0 Å². The van der Waals surface area contributed by atoms with Crippen LogP contribution in [0.3, 0.4) is 0 Å². The van der Waals surface area contributed by atoms with Crippen molar-refractivity contribution in [2.45, 2.75) is 37.9 Å². The van der Waals surface area contributed by atoms with Crippen molar-refractivity contribution in [1.29, 1.82) is 0 Å². The van der Waals surface area contributed by atoms with Crippen molar-refractivity contribution in [2.75, 3.05) is 18.0 Å². The van der Waals surface area contributed by atoms with Gasteiger partial charge in [-0.25, -0.2) is 9.97 Å². The van der Waals surface area contributed by atoms with Gasteiger partial charge in [0, 0.05) is 31.4 Å². The Bertz CT molecular complexity index is 628. The van der Waals surface area contributed by atoms with Crippen LogP contribution in [0.25, 0.3) is 0 Å². The SMILES string of the molecule is Brc1ccc(CN2CCC(N(c3ccncn3)C3CC3)C2)o1. The Morgan fingerprint density at radius 2 is 2.14 bits per heavy atom. The van der Waals surface area contributed by atoms with Gasteiger partial charge in [-0.15, -0.1) is 0 Å². The second-order valence-electron chi connectivity index (χ2n) is 6.09. The molecule has 116 valence electrons. The van der Waals surface area contributed by atoms with Gasteiger partial charge >= 0.3 is 0 Å². The number of hydrogen-bond acceptors (Lipinski definition) is 5. The summed E-state index contributed by atoms with van der Waals surface area (Å²) in [5, 5.41) is 0. The predicted octanol–water partition coefficient (Wildman–Crippen LogP) is 3.08. The molecule has 0 spiro atoms. The van der Waals surface area contributed by atoms with Crippen LogP contribution < -0.4 is 4.90 Å². The van der Waals surface area contributed by atoms with E-state index in [-0.39, 0.29) is 0 Å². The molecule has 22 heavy (non-hydrogen) atoms. The van der Waals surface area contributed by atoms with Crippen LogP contribution in [0.4, 0.5) is 5.82 Å². The lowest BCUT2D eigenvalue weighted by Gasteiger charge is -2.30.